The summed E-state index contributed by atoms with van der Waals surface area (Å²) in [4.78, 5) is 27.9. The number of urea groups is 1. The van der Waals surface area contributed by atoms with Crippen molar-refractivity contribution >= 4 is 21.8 Å². The monoisotopic (exact) mass is 543 g/mol. The molecule has 38 heavy (non-hydrogen) atoms. The van der Waals surface area contributed by atoms with E-state index in [1.165, 1.54) is 18.2 Å². The second kappa shape index (κ2) is 13.5. The van der Waals surface area contributed by atoms with Gasteiger partial charge in [0, 0.05) is 31.0 Å². The summed E-state index contributed by atoms with van der Waals surface area (Å²) in [5.74, 6) is -0.506. The van der Waals surface area contributed by atoms with Gasteiger partial charge in [-0.2, -0.15) is 0 Å². The van der Waals surface area contributed by atoms with Crippen molar-refractivity contribution in [2.24, 2.45) is 0 Å². The van der Waals surface area contributed by atoms with Crippen molar-refractivity contribution in [3.8, 4) is 0 Å². The number of aryl methyl sites for hydroxylation is 1. The molecular formula is C28H37N3O6S. The summed E-state index contributed by atoms with van der Waals surface area (Å²) >= 11 is 0. The van der Waals surface area contributed by atoms with Crippen LogP contribution in [-0.4, -0.2) is 74.4 Å². The number of sulfone groups is 1. The summed E-state index contributed by atoms with van der Waals surface area (Å²) in [5.41, 5.74) is -0.188. The number of carbonyl (C=O) groups is 2. The van der Waals surface area contributed by atoms with Gasteiger partial charge >= 0.3 is 6.03 Å². The van der Waals surface area contributed by atoms with E-state index in [2.05, 4.69) is 10.6 Å². The second-order valence-electron chi connectivity index (χ2n) is 9.94. The Morgan fingerprint density at radius 3 is 2.24 bits per heavy atom. The van der Waals surface area contributed by atoms with Crippen molar-refractivity contribution in [2.75, 3.05) is 26.3 Å². The standard InChI is InChI=1S/C28H37N3O6S/c1-28(2,34)21-25(30-27(33)31-16-18-37-19-17-31)26(32)29-23(14-13-22-9-5-3-6-10-22)15-20-38(35,36)24-11-7-4-8-12-24/h3-12,15,20,23,25,34H,13-14,16-19,21H2,1-2H3,(H,29,32)(H,30,33)/b20-15+/t23-,25-/m0/s1. The lowest BCUT2D eigenvalue weighted by atomic mass is 9.98. The maximum absolute atomic E-state index is 13.4. The lowest BCUT2D eigenvalue weighted by molar-refractivity contribution is -0.125. The lowest BCUT2D eigenvalue weighted by Crippen LogP contribution is -2.56. The van der Waals surface area contributed by atoms with Crippen LogP contribution >= 0.6 is 0 Å². The fourth-order valence-electron chi connectivity index (χ4n) is 4.07. The molecule has 2 aromatic carbocycles. The Bertz CT molecular complexity index is 1170. The first-order valence-electron chi connectivity index (χ1n) is 12.7. The number of amides is 3. The molecule has 1 saturated heterocycles. The Morgan fingerprint density at radius 1 is 1.03 bits per heavy atom. The molecule has 0 aromatic heterocycles. The minimum atomic E-state index is -3.72. The van der Waals surface area contributed by atoms with Crippen LogP contribution in [0.4, 0.5) is 4.79 Å². The van der Waals surface area contributed by atoms with Gasteiger partial charge in [0.05, 0.1) is 23.7 Å². The Hall–Kier alpha value is -3.21. The summed E-state index contributed by atoms with van der Waals surface area (Å²) in [6.45, 7) is 4.77. The maximum Gasteiger partial charge on any atom is 0.318 e. The predicted octanol–water partition coefficient (Wildman–Crippen LogP) is 2.66. The van der Waals surface area contributed by atoms with Gasteiger partial charge in [-0.15, -0.1) is 0 Å². The molecule has 206 valence electrons. The van der Waals surface area contributed by atoms with Crippen LogP contribution in [0.25, 0.3) is 0 Å². The molecule has 0 radical (unpaired) electrons. The fourth-order valence-corrected chi connectivity index (χ4v) is 5.16. The van der Waals surface area contributed by atoms with Crippen LogP contribution in [0.15, 0.2) is 77.0 Å². The van der Waals surface area contributed by atoms with E-state index in [-0.39, 0.29) is 11.3 Å². The largest absolute Gasteiger partial charge is 0.390 e. The highest BCUT2D eigenvalue weighted by molar-refractivity contribution is 7.94. The molecule has 1 aliphatic rings. The fraction of sp³-hybridized carbons (Fsp3) is 0.429. The molecule has 2 atom stereocenters. The van der Waals surface area contributed by atoms with Crippen LogP contribution in [0, 0.1) is 0 Å². The van der Waals surface area contributed by atoms with E-state index in [4.69, 9.17) is 4.74 Å². The normalized spacial score (nSPS) is 16.1. The molecule has 9 nitrogen and oxygen atoms in total. The Morgan fingerprint density at radius 2 is 1.63 bits per heavy atom. The van der Waals surface area contributed by atoms with Gasteiger partial charge in [0.25, 0.3) is 0 Å². The van der Waals surface area contributed by atoms with Crippen LogP contribution in [0.3, 0.4) is 0 Å². The number of ether oxygens (including phenoxy) is 1. The Labute approximate surface area is 224 Å². The topological polar surface area (TPSA) is 125 Å². The van der Waals surface area contributed by atoms with E-state index in [9.17, 15) is 23.1 Å². The average Bonchev–Trinajstić information content (AvgIpc) is 2.90. The smallest absolute Gasteiger partial charge is 0.318 e. The lowest BCUT2D eigenvalue weighted by Gasteiger charge is -2.31. The summed E-state index contributed by atoms with van der Waals surface area (Å²) in [5, 5.41) is 17.2. The summed E-state index contributed by atoms with van der Waals surface area (Å²) in [6, 6.07) is 15.6. The number of benzene rings is 2. The number of rotatable bonds is 11. The third-order valence-electron chi connectivity index (χ3n) is 6.09. The molecule has 1 aliphatic heterocycles. The third kappa shape index (κ3) is 9.59. The van der Waals surface area contributed by atoms with Gasteiger partial charge in [0.1, 0.15) is 6.04 Å². The molecule has 1 heterocycles. The molecular weight excluding hydrogens is 506 g/mol. The van der Waals surface area contributed by atoms with Crippen molar-refractivity contribution in [3.63, 3.8) is 0 Å². The van der Waals surface area contributed by atoms with E-state index in [1.54, 1.807) is 36.9 Å². The molecule has 0 unspecified atom stereocenters. The van der Waals surface area contributed by atoms with Crippen molar-refractivity contribution in [1.82, 2.24) is 15.5 Å². The van der Waals surface area contributed by atoms with Gasteiger partial charge in [-0.1, -0.05) is 54.6 Å². The molecule has 0 saturated carbocycles. The molecule has 0 aliphatic carbocycles. The van der Waals surface area contributed by atoms with Crippen LogP contribution in [0.2, 0.25) is 0 Å². The van der Waals surface area contributed by atoms with Crippen molar-refractivity contribution < 1.29 is 27.9 Å². The van der Waals surface area contributed by atoms with Gasteiger partial charge in [0.15, 0.2) is 9.84 Å². The SMILES string of the molecule is CC(C)(O)C[C@H](NC(=O)N1CCOCC1)C(=O)N[C@H](/C=C/S(=O)(=O)c1ccccc1)CCc1ccccc1. The van der Waals surface area contributed by atoms with Gasteiger partial charge < -0.3 is 25.4 Å². The zero-order chi connectivity index (χ0) is 27.6. The first-order chi connectivity index (χ1) is 18.0. The summed E-state index contributed by atoms with van der Waals surface area (Å²) < 4.78 is 31.0. The van der Waals surface area contributed by atoms with E-state index >= 15 is 0 Å². The van der Waals surface area contributed by atoms with Crippen LogP contribution < -0.4 is 10.6 Å². The van der Waals surface area contributed by atoms with Gasteiger partial charge in [-0.25, -0.2) is 13.2 Å². The molecule has 0 spiro atoms. The number of hydrogen-bond acceptors (Lipinski definition) is 6. The van der Waals surface area contributed by atoms with Crippen LogP contribution in [0.5, 0.6) is 0 Å². The average molecular weight is 544 g/mol. The molecule has 2 aromatic rings. The molecule has 3 rings (SSSR count). The van der Waals surface area contributed by atoms with Gasteiger partial charge in [-0.3, -0.25) is 4.79 Å². The van der Waals surface area contributed by atoms with Gasteiger partial charge in [0.2, 0.25) is 5.91 Å². The maximum atomic E-state index is 13.4. The highest BCUT2D eigenvalue weighted by atomic mass is 32.2. The zero-order valence-electron chi connectivity index (χ0n) is 21.9. The van der Waals surface area contributed by atoms with Crippen molar-refractivity contribution in [3.05, 3.63) is 77.7 Å². The van der Waals surface area contributed by atoms with Crippen molar-refractivity contribution in [2.45, 2.75) is 55.7 Å². The van der Waals surface area contributed by atoms with Crippen LogP contribution in [0.1, 0.15) is 32.3 Å². The number of nitrogens with zero attached hydrogens (tertiary/aromatic N) is 1. The van der Waals surface area contributed by atoms with E-state index in [0.717, 1.165) is 11.0 Å². The zero-order valence-corrected chi connectivity index (χ0v) is 22.7. The molecule has 0 bridgehead atoms. The van der Waals surface area contributed by atoms with Crippen LogP contribution in [-0.2, 0) is 25.8 Å². The number of aliphatic hydroxyl groups is 1. The Kier molecular flexibility index (Phi) is 10.5. The van der Waals surface area contributed by atoms with E-state index < -0.39 is 39.5 Å². The quantitative estimate of drug-likeness (QED) is 0.400. The second-order valence-corrected chi connectivity index (χ2v) is 11.8. The first-order valence-corrected chi connectivity index (χ1v) is 14.3. The number of morpholine rings is 1. The minimum absolute atomic E-state index is 0.0215. The highest BCUT2D eigenvalue weighted by Crippen LogP contribution is 2.15. The molecule has 3 N–H and O–H groups in total. The summed E-state index contributed by atoms with van der Waals surface area (Å²) in [6.07, 6.45) is 2.47. The number of nitrogens with one attached hydrogen (secondary N) is 2. The number of hydrogen-bond donors (Lipinski definition) is 3. The summed E-state index contributed by atoms with van der Waals surface area (Å²) in [7, 11) is -3.72. The van der Waals surface area contributed by atoms with Crippen molar-refractivity contribution in [1.29, 1.82) is 0 Å². The van der Waals surface area contributed by atoms with E-state index in [1.807, 2.05) is 30.3 Å². The third-order valence-corrected chi connectivity index (χ3v) is 7.54. The van der Waals surface area contributed by atoms with Gasteiger partial charge in [-0.05, 0) is 44.4 Å². The molecule has 1 fully saturated rings. The van der Waals surface area contributed by atoms with E-state index in [0.29, 0.717) is 39.1 Å². The molecule has 10 heteroatoms. The highest BCUT2D eigenvalue weighted by Gasteiger charge is 2.30. The number of carbonyl (C=O) groups excluding carboxylic acids is 2. The minimum Gasteiger partial charge on any atom is -0.390 e. The Balaban J connectivity index is 1.78. The predicted molar refractivity (Wildman–Crippen MR) is 145 cm³/mol. The first kappa shape index (κ1) is 29.3. The molecule has 3 amide bonds.